The highest BCUT2D eigenvalue weighted by Gasteiger charge is 2.10. The summed E-state index contributed by atoms with van der Waals surface area (Å²) in [6.07, 6.45) is 5.48. The third kappa shape index (κ3) is 3.87. The van der Waals surface area contributed by atoms with Gasteiger partial charge in [0.05, 0.1) is 0 Å². The Morgan fingerprint density at radius 1 is 0.760 bits per heavy atom. The zero-order valence-corrected chi connectivity index (χ0v) is 14.3. The van der Waals surface area contributed by atoms with Gasteiger partial charge in [0, 0.05) is 10.9 Å². The molecule has 0 saturated carbocycles. The molecule has 0 bridgehead atoms. The molecule has 3 rings (SSSR count). The molecule has 0 unspecified atom stereocenters. The van der Waals surface area contributed by atoms with E-state index in [2.05, 4.69) is 6.92 Å². The molecule has 0 aliphatic carbocycles. The maximum Gasteiger partial charge on any atom is 0.166 e. The number of hydrogen-bond donors (Lipinski definition) is 0. The number of aryl methyl sites for hydroxylation is 1. The molecule has 0 N–H and O–H groups in total. The Balaban J connectivity index is 1.86. The Morgan fingerprint density at radius 2 is 1.60 bits per heavy atom. The summed E-state index contributed by atoms with van der Waals surface area (Å²) in [4.78, 5) is 0. The molecule has 0 aromatic heterocycles. The standard InChI is InChI=1S/C22H21F3/c1-2-3-4-5-6-15-7-10-18(21(24)13-15)16-8-11-19-17(14-16)9-12-20(23)22(19)25/h7-14H,2-6H2,1H3. The predicted molar refractivity (Wildman–Crippen MR) is 97.1 cm³/mol. The highest BCUT2D eigenvalue weighted by Crippen LogP contribution is 2.29. The van der Waals surface area contributed by atoms with Crippen molar-refractivity contribution in [2.45, 2.75) is 39.0 Å². The lowest BCUT2D eigenvalue weighted by atomic mass is 9.98. The van der Waals surface area contributed by atoms with Crippen LogP contribution in [0.4, 0.5) is 13.2 Å². The molecule has 130 valence electrons. The summed E-state index contributed by atoms with van der Waals surface area (Å²) < 4.78 is 41.6. The average molecular weight is 342 g/mol. The average Bonchev–Trinajstić information content (AvgIpc) is 2.62. The Kier molecular flexibility index (Phi) is 5.42. The number of benzene rings is 3. The van der Waals surface area contributed by atoms with E-state index in [1.165, 1.54) is 25.0 Å². The molecular weight excluding hydrogens is 321 g/mol. The monoisotopic (exact) mass is 342 g/mol. The van der Waals surface area contributed by atoms with Gasteiger partial charge in [0.25, 0.3) is 0 Å². The second kappa shape index (κ2) is 7.73. The van der Waals surface area contributed by atoms with Gasteiger partial charge in [0.2, 0.25) is 0 Å². The van der Waals surface area contributed by atoms with Crippen LogP contribution in [0.25, 0.3) is 21.9 Å². The van der Waals surface area contributed by atoms with Crippen LogP contribution in [0.1, 0.15) is 38.2 Å². The molecule has 0 amide bonds. The first-order valence-corrected chi connectivity index (χ1v) is 8.76. The summed E-state index contributed by atoms with van der Waals surface area (Å²) >= 11 is 0. The van der Waals surface area contributed by atoms with Crippen LogP contribution in [-0.2, 0) is 6.42 Å². The van der Waals surface area contributed by atoms with Crippen LogP contribution < -0.4 is 0 Å². The van der Waals surface area contributed by atoms with E-state index < -0.39 is 11.6 Å². The molecule has 0 radical (unpaired) electrons. The Labute approximate surface area is 146 Å². The summed E-state index contributed by atoms with van der Waals surface area (Å²) in [6.45, 7) is 2.16. The third-order valence-electron chi connectivity index (χ3n) is 4.57. The van der Waals surface area contributed by atoms with Crippen molar-refractivity contribution in [1.29, 1.82) is 0 Å². The fourth-order valence-electron chi connectivity index (χ4n) is 3.14. The Hall–Kier alpha value is -2.29. The van der Waals surface area contributed by atoms with E-state index in [0.717, 1.165) is 30.9 Å². The molecule has 0 aliphatic rings. The summed E-state index contributed by atoms with van der Waals surface area (Å²) in [5, 5.41) is 0.760. The third-order valence-corrected chi connectivity index (χ3v) is 4.57. The van der Waals surface area contributed by atoms with Gasteiger partial charge in [-0.15, -0.1) is 0 Å². The zero-order chi connectivity index (χ0) is 17.8. The van der Waals surface area contributed by atoms with E-state index in [1.54, 1.807) is 24.3 Å². The fraction of sp³-hybridized carbons (Fsp3) is 0.273. The number of unbranched alkanes of at least 4 members (excludes halogenated alkanes) is 3. The molecular formula is C22H21F3. The Morgan fingerprint density at radius 3 is 2.36 bits per heavy atom. The molecule has 0 atom stereocenters. The van der Waals surface area contributed by atoms with Crippen LogP contribution in [0, 0.1) is 17.5 Å². The summed E-state index contributed by atoms with van der Waals surface area (Å²) in [5.74, 6) is -2.03. The van der Waals surface area contributed by atoms with E-state index >= 15 is 0 Å². The highest BCUT2D eigenvalue weighted by molar-refractivity contribution is 5.88. The van der Waals surface area contributed by atoms with E-state index in [9.17, 15) is 13.2 Å². The van der Waals surface area contributed by atoms with Gasteiger partial charge in [-0.2, -0.15) is 0 Å². The van der Waals surface area contributed by atoms with Crippen molar-refractivity contribution in [2.75, 3.05) is 0 Å². The molecule has 0 heterocycles. The number of halogens is 3. The molecule has 25 heavy (non-hydrogen) atoms. The molecule has 0 nitrogen and oxygen atoms in total. The normalized spacial score (nSPS) is 11.2. The molecule has 3 heteroatoms. The lowest BCUT2D eigenvalue weighted by Crippen LogP contribution is -1.92. The first-order chi connectivity index (χ1) is 12.1. The van der Waals surface area contributed by atoms with Crippen molar-refractivity contribution in [3.05, 3.63) is 71.5 Å². The smallest absolute Gasteiger partial charge is 0.166 e. The van der Waals surface area contributed by atoms with Crippen LogP contribution in [0.15, 0.2) is 48.5 Å². The Bertz CT molecular complexity index is 884. The zero-order valence-electron chi connectivity index (χ0n) is 14.3. The van der Waals surface area contributed by atoms with E-state index in [0.29, 0.717) is 16.5 Å². The molecule has 0 fully saturated rings. The second-order valence-corrected chi connectivity index (χ2v) is 6.42. The highest BCUT2D eigenvalue weighted by atomic mass is 19.2. The van der Waals surface area contributed by atoms with Crippen molar-refractivity contribution >= 4 is 10.8 Å². The van der Waals surface area contributed by atoms with Crippen LogP contribution in [-0.4, -0.2) is 0 Å². The van der Waals surface area contributed by atoms with E-state index in [-0.39, 0.29) is 11.2 Å². The first kappa shape index (κ1) is 17.5. The molecule has 0 saturated heterocycles. The number of rotatable bonds is 6. The van der Waals surface area contributed by atoms with Gasteiger partial charge >= 0.3 is 0 Å². The van der Waals surface area contributed by atoms with Gasteiger partial charge < -0.3 is 0 Å². The van der Waals surface area contributed by atoms with Crippen molar-refractivity contribution < 1.29 is 13.2 Å². The van der Waals surface area contributed by atoms with E-state index in [4.69, 9.17) is 0 Å². The minimum absolute atomic E-state index is 0.205. The first-order valence-electron chi connectivity index (χ1n) is 8.76. The minimum Gasteiger partial charge on any atom is -0.206 e. The van der Waals surface area contributed by atoms with Gasteiger partial charge in [0.15, 0.2) is 11.6 Å². The summed E-state index contributed by atoms with van der Waals surface area (Å²) in [5.41, 5.74) is 2.13. The molecule has 0 spiro atoms. The molecule has 0 aliphatic heterocycles. The summed E-state index contributed by atoms with van der Waals surface area (Å²) in [7, 11) is 0. The summed E-state index contributed by atoms with van der Waals surface area (Å²) in [6, 6.07) is 12.7. The SMILES string of the molecule is CCCCCCc1ccc(-c2ccc3c(F)c(F)ccc3c2)c(F)c1. The van der Waals surface area contributed by atoms with Gasteiger partial charge in [-0.25, -0.2) is 13.2 Å². The van der Waals surface area contributed by atoms with Crippen LogP contribution in [0.5, 0.6) is 0 Å². The van der Waals surface area contributed by atoms with Crippen LogP contribution in [0.3, 0.4) is 0 Å². The van der Waals surface area contributed by atoms with Crippen molar-refractivity contribution in [3.63, 3.8) is 0 Å². The predicted octanol–water partition coefficient (Wildman–Crippen LogP) is 7.05. The fourth-order valence-corrected chi connectivity index (χ4v) is 3.14. The number of fused-ring (bicyclic) bond motifs is 1. The number of hydrogen-bond acceptors (Lipinski definition) is 0. The molecule has 3 aromatic carbocycles. The van der Waals surface area contributed by atoms with Gasteiger partial charge in [-0.05, 0) is 47.6 Å². The largest absolute Gasteiger partial charge is 0.206 e. The quantitative estimate of drug-likeness (QED) is 0.421. The lowest BCUT2D eigenvalue weighted by molar-refractivity contribution is 0.517. The van der Waals surface area contributed by atoms with Crippen LogP contribution in [0.2, 0.25) is 0 Å². The van der Waals surface area contributed by atoms with Gasteiger partial charge in [-0.1, -0.05) is 56.5 Å². The van der Waals surface area contributed by atoms with Crippen LogP contribution >= 0.6 is 0 Å². The van der Waals surface area contributed by atoms with Gasteiger partial charge in [0.1, 0.15) is 5.82 Å². The molecule has 3 aromatic rings. The van der Waals surface area contributed by atoms with Crippen molar-refractivity contribution in [2.24, 2.45) is 0 Å². The minimum atomic E-state index is -0.876. The van der Waals surface area contributed by atoms with Crippen molar-refractivity contribution in [3.8, 4) is 11.1 Å². The maximum absolute atomic E-state index is 14.5. The topological polar surface area (TPSA) is 0 Å². The van der Waals surface area contributed by atoms with Crippen molar-refractivity contribution in [1.82, 2.24) is 0 Å². The lowest BCUT2D eigenvalue weighted by Gasteiger charge is -2.09. The van der Waals surface area contributed by atoms with Gasteiger partial charge in [-0.3, -0.25) is 0 Å². The maximum atomic E-state index is 14.5. The second-order valence-electron chi connectivity index (χ2n) is 6.42. The van der Waals surface area contributed by atoms with E-state index in [1.807, 2.05) is 6.07 Å².